The molecule has 0 aliphatic carbocycles. The molecular formula is C9H10BrClN2O2. The van der Waals surface area contributed by atoms with E-state index in [1.807, 2.05) is 0 Å². The van der Waals surface area contributed by atoms with Gasteiger partial charge in [-0.3, -0.25) is 0 Å². The Labute approximate surface area is 101 Å². The van der Waals surface area contributed by atoms with Crippen LogP contribution in [0.5, 0.6) is 0 Å². The minimum Gasteiger partial charge on any atom is -0.467 e. The highest BCUT2D eigenvalue weighted by molar-refractivity contribution is 9.10. The molecule has 0 aromatic carbocycles. The normalized spacial score (nSPS) is 12.0. The van der Waals surface area contributed by atoms with Crippen molar-refractivity contribution >= 4 is 39.2 Å². The number of anilines is 1. The Morgan fingerprint density at radius 2 is 2.40 bits per heavy atom. The Morgan fingerprint density at radius 3 is 3.00 bits per heavy atom. The SMILES string of the molecule is COC(=O)C(C)Nc1cc(Br)cnc1Cl. The van der Waals surface area contributed by atoms with Crippen molar-refractivity contribution in [1.29, 1.82) is 0 Å². The molecule has 0 saturated carbocycles. The predicted molar refractivity (Wildman–Crippen MR) is 62.0 cm³/mol. The molecule has 82 valence electrons. The lowest BCUT2D eigenvalue weighted by molar-refractivity contribution is -0.141. The number of rotatable bonds is 3. The summed E-state index contributed by atoms with van der Waals surface area (Å²) in [6.07, 6.45) is 1.58. The summed E-state index contributed by atoms with van der Waals surface area (Å²) in [5, 5.41) is 3.22. The van der Waals surface area contributed by atoms with E-state index in [2.05, 4.69) is 31.0 Å². The third kappa shape index (κ3) is 3.35. The monoisotopic (exact) mass is 292 g/mol. The van der Waals surface area contributed by atoms with Crippen LogP contribution in [0.4, 0.5) is 5.69 Å². The number of carbonyl (C=O) groups excluding carboxylic acids is 1. The van der Waals surface area contributed by atoms with Gasteiger partial charge in [0.2, 0.25) is 0 Å². The van der Waals surface area contributed by atoms with E-state index in [4.69, 9.17) is 11.6 Å². The highest BCUT2D eigenvalue weighted by Gasteiger charge is 2.14. The molecule has 1 atom stereocenters. The van der Waals surface area contributed by atoms with Gasteiger partial charge in [0.1, 0.15) is 6.04 Å². The number of nitrogens with one attached hydrogen (secondary N) is 1. The summed E-state index contributed by atoms with van der Waals surface area (Å²) in [6, 6.07) is 1.28. The van der Waals surface area contributed by atoms with E-state index in [1.54, 1.807) is 19.2 Å². The highest BCUT2D eigenvalue weighted by atomic mass is 79.9. The van der Waals surface area contributed by atoms with Gasteiger partial charge in [0.05, 0.1) is 12.8 Å². The van der Waals surface area contributed by atoms with Crippen molar-refractivity contribution in [3.05, 3.63) is 21.9 Å². The summed E-state index contributed by atoms with van der Waals surface area (Å²) in [4.78, 5) is 15.1. The largest absolute Gasteiger partial charge is 0.467 e. The minimum absolute atomic E-state index is 0.314. The number of halogens is 2. The lowest BCUT2D eigenvalue weighted by Gasteiger charge is -2.13. The molecule has 15 heavy (non-hydrogen) atoms. The predicted octanol–water partition coefficient (Wildman–Crippen LogP) is 2.47. The standard InChI is InChI=1S/C9H10BrClN2O2/c1-5(9(14)15-2)13-7-3-6(10)4-12-8(7)11/h3-5,13H,1-2H3. The van der Waals surface area contributed by atoms with Crippen LogP contribution >= 0.6 is 27.5 Å². The molecule has 0 aliphatic rings. The van der Waals surface area contributed by atoms with Crippen LogP contribution in [0.25, 0.3) is 0 Å². The average Bonchev–Trinajstić information content (AvgIpc) is 2.22. The first-order chi connectivity index (χ1) is 7.04. The van der Waals surface area contributed by atoms with E-state index >= 15 is 0 Å². The lowest BCUT2D eigenvalue weighted by Crippen LogP contribution is -2.27. The fourth-order valence-electron chi connectivity index (χ4n) is 0.993. The molecular weight excluding hydrogens is 283 g/mol. The third-order valence-corrected chi connectivity index (χ3v) is 2.47. The fraction of sp³-hybridized carbons (Fsp3) is 0.333. The van der Waals surface area contributed by atoms with E-state index < -0.39 is 6.04 Å². The van der Waals surface area contributed by atoms with Crippen LogP contribution in [0.15, 0.2) is 16.7 Å². The van der Waals surface area contributed by atoms with Gasteiger partial charge in [-0.05, 0) is 28.9 Å². The summed E-state index contributed by atoms with van der Waals surface area (Å²) in [5.74, 6) is -0.356. The third-order valence-electron chi connectivity index (χ3n) is 1.73. The van der Waals surface area contributed by atoms with Crippen molar-refractivity contribution in [1.82, 2.24) is 4.98 Å². The number of esters is 1. The van der Waals surface area contributed by atoms with Crippen LogP contribution < -0.4 is 5.32 Å². The molecule has 1 aromatic rings. The van der Waals surface area contributed by atoms with Gasteiger partial charge in [-0.2, -0.15) is 0 Å². The van der Waals surface area contributed by atoms with E-state index in [0.717, 1.165) is 4.47 Å². The molecule has 0 bridgehead atoms. The Kier molecular flexibility index (Phi) is 4.35. The summed E-state index contributed by atoms with van der Waals surface area (Å²) in [6.45, 7) is 1.68. The summed E-state index contributed by atoms with van der Waals surface area (Å²) >= 11 is 9.10. The maximum absolute atomic E-state index is 11.2. The zero-order valence-corrected chi connectivity index (χ0v) is 10.6. The van der Waals surface area contributed by atoms with Crippen LogP contribution in [-0.4, -0.2) is 24.1 Å². The first-order valence-electron chi connectivity index (χ1n) is 4.20. The van der Waals surface area contributed by atoms with Crippen LogP contribution in [0.2, 0.25) is 5.15 Å². The molecule has 6 heteroatoms. The van der Waals surface area contributed by atoms with Crippen molar-refractivity contribution < 1.29 is 9.53 Å². The van der Waals surface area contributed by atoms with E-state index in [-0.39, 0.29) is 5.97 Å². The quantitative estimate of drug-likeness (QED) is 0.687. The summed E-state index contributed by atoms with van der Waals surface area (Å²) < 4.78 is 5.36. The first kappa shape index (κ1) is 12.3. The molecule has 4 nitrogen and oxygen atoms in total. The molecule has 1 N–H and O–H groups in total. The number of ether oxygens (including phenoxy) is 1. The number of nitrogens with zero attached hydrogens (tertiary/aromatic N) is 1. The van der Waals surface area contributed by atoms with Gasteiger partial charge in [0, 0.05) is 10.7 Å². The number of hydrogen-bond donors (Lipinski definition) is 1. The van der Waals surface area contributed by atoms with E-state index in [9.17, 15) is 4.79 Å². The number of aromatic nitrogens is 1. The molecule has 1 rings (SSSR count). The van der Waals surface area contributed by atoms with E-state index in [1.165, 1.54) is 7.11 Å². The van der Waals surface area contributed by atoms with Crippen molar-refractivity contribution in [3.63, 3.8) is 0 Å². The number of methoxy groups -OCH3 is 1. The first-order valence-corrected chi connectivity index (χ1v) is 5.37. The Bertz CT molecular complexity index is 373. The van der Waals surface area contributed by atoms with Gasteiger partial charge < -0.3 is 10.1 Å². The topological polar surface area (TPSA) is 51.2 Å². The number of carbonyl (C=O) groups is 1. The van der Waals surface area contributed by atoms with Gasteiger partial charge in [0.15, 0.2) is 5.15 Å². The second-order valence-electron chi connectivity index (χ2n) is 2.88. The molecule has 1 unspecified atom stereocenters. The van der Waals surface area contributed by atoms with Gasteiger partial charge in [-0.15, -0.1) is 0 Å². The molecule has 0 saturated heterocycles. The van der Waals surface area contributed by atoms with Gasteiger partial charge in [-0.25, -0.2) is 9.78 Å². The Morgan fingerprint density at radius 1 is 1.73 bits per heavy atom. The van der Waals surface area contributed by atoms with Gasteiger partial charge in [0.25, 0.3) is 0 Å². The van der Waals surface area contributed by atoms with Gasteiger partial charge >= 0.3 is 5.97 Å². The Balaban J connectivity index is 2.80. The summed E-state index contributed by atoms with van der Waals surface area (Å²) in [5.41, 5.74) is 0.587. The molecule has 0 amide bonds. The zero-order valence-electron chi connectivity index (χ0n) is 8.25. The van der Waals surface area contributed by atoms with Crippen LogP contribution in [0, 0.1) is 0 Å². The maximum atomic E-state index is 11.2. The minimum atomic E-state index is -0.469. The average molecular weight is 294 g/mol. The van der Waals surface area contributed by atoms with E-state index in [0.29, 0.717) is 10.8 Å². The second kappa shape index (κ2) is 5.32. The molecule has 1 heterocycles. The maximum Gasteiger partial charge on any atom is 0.327 e. The van der Waals surface area contributed by atoms with Gasteiger partial charge in [-0.1, -0.05) is 11.6 Å². The summed E-state index contributed by atoms with van der Waals surface area (Å²) in [7, 11) is 1.33. The van der Waals surface area contributed by atoms with Crippen molar-refractivity contribution in [2.24, 2.45) is 0 Å². The molecule has 0 aliphatic heterocycles. The molecule has 0 radical (unpaired) electrons. The fourth-order valence-corrected chi connectivity index (χ4v) is 1.48. The number of pyridine rings is 1. The van der Waals surface area contributed by atoms with Crippen LogP contribution in [0.1, 0.15) is 6.92 Å². The molecule has 1 aromatic heterocycles. The zero-order chi connectivity index (χ0) is 11.4. The van der Waals surface area contributed by atoms with Crippen LogP contribution in [-0.2, 0) is 9.53 Å². The Hall–Kier alpha value is -0.810. The second-order valence-corrected chi connectivity index (χ2v) is 4.15. The molecule has 0 spiro atoms. The lowest BCUT2D eigenvalue weighted by atomic mass is 10.3. The number of hydrogen-bond acceptors (Lipinski definition) is 4. The van der Waals surface area contributed by atoms with Crippen molar-refractivity contribution in [2.45, 2.75) is 13.0 Å². The highest BCUT2D eigenvalue weighted by Crippen LogP contribution is 2.23. The van der Waals surface area contributed by atoms with Crippen molar-refractivity contribution in [3.8, 4) is 0 Å². The molecule has 0 fully saturated rings. The van der Waals surface area contributed by atoms with Crippen molar-refractivity contribution in [2.75, 3.05) is 12.4 Å². The smallest absolute Gasteiger partial charge is 0.327 e. The van der Waals surface area contributed by atoms with Crippen LogP contribution in [0.3, 0.4) is 0 Å².